The van der Waals surface area contributed by atoms with Crippen molar-refractivity contribution >= 4 is 27.7 Å². The molecule has 0 amide bonds. The molecule has 0 spiro atoms. The van der Waals surface area contributed by atoms with Crippen molar-refractivity contribution in [2.45, 2.75) is 110 Å². The highest BCUT2D eigenvalue weighted by Crippen LogP contribution is 2.44. The van der Waals surface area contributed by atoms with E-state index in [0.717, 1.165) is 0 Å². The molecule has 214 valence electrons. The van der Waals surface area contributed by atoms with Crippen molar-refractivity contribution < 1.29 is 18.4 Å². The molecule has 3 aromatic rings. The Morgan fingerprint density at radius 3 is 2.23 bits per heavy atom. The number of aryl methyl sites for hydroxylation is 1. The maximum absolute atomic E-state index is 13.3. The maximum Gasteiger partial charge on any atom is 0.353 e. The Bertz CT molecular complexity index is 1350. The monoisotopic (exact) mass is 573 g/mol. The van der Waals surface area contributed by atoms with Crippen LogP contribution in [-0.2, 0) is 13.6 Å². The second-order valence-corrected chi connectivity index (χ2v) is 23.0. The van der Waals surface area contributed by atoms with Crippen molar-refractivity contribution in [3.63, 3.8) is 0 Å². The van der Waals surface area contributed by atoms with Crippen LogP contribution < -0.4 is 10.5 Å². The van der Waals surface area contributed by atoms with Gasteiger partial charge in [-0.15, -0.1) is 5.10 Å². The number of fused-ring (bicyclic) bond motifs is 1. The van der Waals surface area contributed by atoms with Gasteiger partial charge in [-0.3, -0.25) is 4.57 Å². The number of hydrogen-bond donors (Lipinski definition) is 0. The van der Waals surface area contributed by atoms with Gasteiger partial charge in [0, 0.05) is 18.2 Å². The normalized spacial score (nSPS) is 21.1. The van der Waals surface area contributed by atoms with Crippen LogP contribution in [0, 0.1) is 6.92 Å². The van der Waals surface area contributed by atoms with Crippen molar-refractivity contribution in [3.8, 4) is 5.88 Å². The van der Waals surface area contributed by atoms with E-state index in [4.69, 9.17) is 18.4 Å². The second kappa shape index (κ2) is 10.2. The Kier molecular flexibility index (Phi) is 7.76. The van der Waals surface area contributed by atoms with Crippen molar-refractivity contribution in [2.24, 2.45) is 0 Å². The maximum atomic E-state index is 13.3. The summed E-state index contributed by atoms with van der Waals surface area (Å²) in [5.74, 6) is 0.160. The first kappa shape index (κ1) is 29.6. The summed E-state index contributed by atoms with van der Waals surface area (Å²) in [5, 5.41) is 8.14. The lowest BCUT2D eigenvalue weighted by Crippen LogP contribution is -2.50. The molecule has 1 unspecified atom stereocenters. The number of rotatable bonds is 7. The number of ether oxygens (including phenoxy) is 1. The third-order valence-corrected chi connectivity index (χ3v) is 17.3. The van der Waals surface area contributed by atoms with Gasteiger partial charge >= 0.3 is 5.69 Å². The molecular weight excluding hydrogens is 530 g/mol. The highest BCUT2D eigenvalue weighted by Gasteiger charge is 2.49. The van der Waals surface area contributed by atoms with Gasteiger partial charge in [0.05, 0.1) is 6.10 Å². The minimum Gasteiger partial charge on any atom is -0.409 e. The van der Waals surface area contributed by atoms with E-state index in [1.807, 2.05) is 31.2 Å². The fraction of sp³-hybridized carbons (Fsp3) is 0.630. The summed E-state index contributed by atoms with van der Waals surface area (Å²) in [6.07, 6.45) is 0.756. The Morgan fingerprint density at radius 2 is 1.59 bits per heavy atom. The molecule has 2 aromatic heterocycles. The molecule has 1 saturated heterocycles. The SMILES string of the molecule is Cc1cn([C@H]2CC(O[Si](C)(C)C(C)(C)C)[C@@H](O[Si](C)(C)C(C)(C)C)O2)c(=O)nc1On1nnc2ccccc21. The van der Waals surface area contributed by atoms with Crippen LogP contribution in [-0.4, -0.2) is 53.7 Å². The fourth-order valence-corrected chi connectivity index (χ4v) is 6.32. The largest absolute Gasteiger partial charge is 0.409 e. The summed E-state index contributed by atoms with van der Waals surface area (Å²) in [5.41, 5.74) is 1.54. The number of aromatic nitrogens is 5. The van der Waals surface area contributed by atoms with Crippen molar-refractivity contribution in [2.75, 3.05) is 0 Å². The molecule has 1 aliphatic heterocycles. The quantitative estimate of drug-likeness (QED) is 0.327. The summed E-state index contributed by atoms with van der Waals surface area (Å²) < 4.78 is 21.5. The van der Waals surface area contributed by atoms with Gasteiger partial charge in [-0.05, 0) is 60.5 Å². The number of nitrogens with zero attached hydrogens (tertiary/aromatic N) is 5. The van der Waals surface area contributed by atoms with E-state index in [-0.39, 0.29) is 22.1 Å². The first-order valence-electron chi connectivity index (χ1n) is 13.5. The predicted octanol–water partition coefficient (Wildman–Crippen LogP) is 5.80. The van der Waals surface area contributed by atoms with Crippen LogP contribution in [0.3, 0.4) is 0 Å². The summed E-state index contributed by atoms with van der Waals surface area (Å²) in [4.78, 5) is 24.6. The summed E-state index contributed by atoms with van der Waals surface area (Å²) >= 11 is 0. The lowest BCUT2D eigenvalue weighted by Gasteiger charge is -2.42. The van der Waals surface area contributed by atoms with Crippen molar-refractivity contribution in [1.82, 2.24) is 24.7 Å². The lowest BCUT2D eigenvalue weighted by atomic mass is 10.2. The number of benzene rings is 1. The zero-order chi connectivity index (χ0) is 29.0. The summed E-state index contributed by atoms with van der Waals surface area (Å²) in [6, 6.07) is 7.41. The van der Waals surface area contributed by atoms with Crippen LogP contribution in [0.4, 0.5) is 0 Å². The molecule has 12 heteroatoms. The number of hydrogen-bond acceptors (Lipinski definition) is 8. The fourth-order valence-electron chi connectivity index (χ4n) is 3.86. The van der Waals surface area contributed by atoms with Gasteiger partial charge in [0.25, 0.3) is 5.88 Å². The molecule has 0 bridgehead atoms. The van der Waals surface area contributed by atoms with Gasteiger partial charge in [-0.25, -0.2) is 4.79 Å². The Balaban J connectivity index is 1.62. The highest BCUT2D eigenvalue weighted by molar-refractivity contribution is 6.74. The first-order valence-corrected chi connectivity index (χ1v) is 19.3. The van der Waals surface area contributed by atoms with E-state index in [1.54, 1.807) is 6.20 Å². The van der Waals surface area contributed by atoms with Gasteiger partial charge in [-0.1, -0.05) is 58.5 Å². The molecule has 0 saturated carbocycles. The zero-order valence-electron chi connectivity index (χ0n) is 25.1. The molecule has 0 N–H and O–H groups in total. The van der Waals surface area contributed by atoms with E-state index in [1.165, 1.54) is 9.41 Å². The van der Waals surface area contributed by atoms with E-state index in [9.17, 15) is 4.79 Å². The third kappa shape index (κ3) is 6.04. The number of para-hydroxylation sites is 1. The molecule has 1 fully saturated rings. The topological polar surface area (TPSA) is 103 Å². The van der Waals surface area contributed by atoms with Crippen LogP contribution in [0.2, 0.25) is 36.3 Å². The molecule has 4 rings (SSSR count). The molecule has 10 nitrogen and oxygen atoms in total. The van der Waals surface area contributed by atoms with Gasteiger partial charge in [-0.2, -0.15) is 4.98 Å². The van der Waals surface area contributed by atoms with E-state index >= 15 is 0 Å². The standard InChI is InChI=1S/C27H43N5O5Si2/c1-18-17-31(25(33)28-23(18)35-32-20-15-13-12-14-19(20)29-30-32)22-16-21(36-38(8,9)26(2,3)4)24(34-22)37-39(10,11)27(5,6)7/h12-15,17,21-22,24H,16H2,1-11H3/t21?,22-,24-/m1/s1. The Hall–Kier alpha value is -2.39. The zero-order valence-corrected chi connectivity index (χ0v) is 27.1. The highest BCUT2D eigenvalue weighted by atomic mass is 28.4. The molecular formula is C27H43N5O5Si2. The third-order valence-electron chi connectivity index (χ3n) is 8.39. The molecule has 3 heterocycles. The van der Waals surface area contributed by atoms with Gasteiger partial charge < -0.3 is 18.4 Å². The van der Waals surface area contributed by atoms with Gasteiger partial charge in [0.2, 0.25) is 0 Å². The second-order valence-electron chi connectivity index (χ2n) is 13.5. The molecule has 0 aliphatic carbocycles. The molecule has 39 heavy (non-hydrogen) atoms. The lowest BCUT2D eigenvalue weighted by molar-refractivity contribution is -0.130. The van der Waals surface area contributed by atoms with Gasteiger partial charge in [0.1, 0.15) is 17.3 Å². The molecule has 3 atom stereocenters. The van der Waals surface area contributed by atoms with Gasteiger partial charge in [0.15, 0.2) is 22.9 Å². The average Bonchev–Trinajstić information content (AvgIpc) is 3.38. The first-order chi connectivity index (χ1) is 17.9. The van der Waals surface area contributed by atoms with Crippen LogP contribution in [0.15, 0.2) is 35.3 Å². The molecule has 1 aliphatic rings. The van der Waals surface area contributed by atoms with Crippen molar-refractivity contribution in [3.05, 3.63) is 46.5 Å². The van der Waals surface area contributed by atoms with Crippen LogP contribution in [0.5, 0.6) is 5.88 Å². The van der Waals surface area contributed by atoms with Crippen LogP contribution >= 0.6 is 0 Å². The average molecular weight is 574 g/mol. The summed E-state index contributed by atoms with van der Waals surface area (Å²) in [6.45, 7) is 23.9. The summed E-state index contributed by atoms with van der Waals surface area (Å²) in [7, 11) is -4.32. The predicted molar refractivity (Wildman–Crippen MR) is 156 cm³/mol. The minimum absolute atomic E-state index is 0.00450. The van der Waals surface area contributed by atoms with Crippen molar-refractivity contribution in [1.29, 1.82) is 0 Å². The Labute approximate surface area is 232 Å². The van der Waals surface area contributed by atoms with E-state index in [2.05, 4.69) is 83.0 Å². The Morgan fingerprint density at radius 1 is 0.974 bits per heavy atom. The molecule has 1 aromatic carbocycles. The minimum atomic E-state index is -2.18. The van der Waals surface area contributed by atoms with E-state index in [0.29, 0.717) is 23.0 Å². The van der Waals surface area contributed by atoms with E-state index < -0.39 is 34.8 Å². The molecule has 0 radical (unpaired) electrons. The van der Waals surface area contributed by atoms with Crippen LogP contribution in [0.25, 0.3) is 11.0 Å². The smallest absolute Gasteiger partial charge is 0.353 e. The van der Waals surface area contributed by atoms with Crippen LogP contribution in [0.1, 0.15) is 59.8 Å².